The van der Waals surface area contributed by atoms with Crippen molar-refractivity contribution in [1.29, 1.82) is 0 Å². The van der Waals surface area contributed by atoms with Crippen LogP contribution in [0.1, 0.15) is 11.1 Å². The van der Waals surface area contributed by atoms with Gasteiger partial charge in [-0.25, -0.2) is 0 Å². The van der Waals surface area contributed by atoms with Crippen molar-refractivity contribution in [3.05, 3.63) is 64.7 Å². The summed E-state index contributed by atoms with van der Waals surface area (Å²) in [6, 6.07) is 16.0. The molecular weight excluding hydrogens is 366 g/mol. The second-order valence-corrected chi connectivity index (χ2v) is 7.67. The molecule has 0 aliphatic rings. The van der Waals surface area contributed by atoms with Crippen molar-refractivity contribution >= 4 is 39.9 Å². The molecule has 26 heavy (non-hydrogen) atoms. The van der Waals surface area contributed by atoms with Gasteiger partial charge in [0.15, 0.2) is 10.8 Å². The number of thioether (sulfide) groups is 1. The first kappa shape index (κ1) is 17.2. The Hall–Kier alpha value is -2.24. The van der Waals surface area contributed by atoms with Crippen LogP contribution in [-0.4, -0.2) is 27.0 Å². The SMILES string of the molecule is Cc1ccc(OCCSc2nnc3cc(C)c4cc(Cl)ccc4n23)cc1. The molecular formula is C20H18ClN3OS. The van der Waals surface area contributed by atoms with E-state index in [1.807, 2.05) is 48.5 Å². The summed E-state index contributed by atoms with van der Waals surface area (Å²) in [5, 5.41) is 11.4. The fraction of sp³-hybridized carbons (Fsp3) is 0.200. The summed E-state index contributed by atoms with van der Waals surface area (Å²) in [5.41, 5.74) is 4.28. The molecule has 4 nitrogen and oxygen atoms in total. The number of hydrogen-bond acceptors (Lipinski definition) is 4. The molecule has 0 saturated heterocycles. The third kappa shape index (κ3) is 3.37. The number of ether oxygens (including phenoxy) is 1. The van der Waals surface area contributed by atoms with Gasteiger partial charge >= 0.3 is 0 Å². The summed E-state index contributed by atoms with van der Waals surface area (Å²) in [7, 11) is 0. The third-order valence-corrected chi connectivity index (χ3v) is 5.36. The molecule has 4 aromatic rings. The molecule has 4 rings (SSSR count). The molecule has 0 atom stereocenters. The van der Waals surface area contributed by atoms with Crippen LogP contribution in [0.25, 0.3) is 16.6 Å². The molecule has 0 N–H and O–H groups in total. The topological polar surface area (TPSA) is 39.4 Å². The van der Waals surface area contributed by atoms with E-state index in [4.69, 9.17) is 16.3 Å². The average molecular weight is 384 g/mol. The highest BCUT2D eigenvalue weighted by Crippen LogP contribution is 2.27. The van der Waals surface area contributed by atoms with Gasteiger partial charge < -0.3 is 4.74 Å². The maximum atomic E-state index is 6.16. The molecule has 0 spiro atoms. The van der Waals surface area contributed by atoms with Crippen LogP contribution >= 0.6 is 23.4 Å². The highest BCUT2D eigenvalue weighted by Gasteiger charge is 2.12. The zero-order valence-corrected chi connectivity index (χ0v) is 16.1. The predicted octanol–water partition coefficient (Wildman–Crippen LogP) is 5.32. The first-order valence-corrected chi connectivity index (χ1v) is 9.74. The Morgan fingerprint density at radius 3 is 2.65 bits per heavy atom. The van der Waals surface area contributed by atoms with E-state index >= 15 is 0 Å². The van der Waals surface area contributed by atoms with Gasteiger partial charge in [0.25, 0.3) is 0 Å². The first-order valence-electron chi connectivity index (χ1n) is 8.38. The van der Waals surface area contributed by atoms with E-state index in [0.717, 1.165) is 43.8 Å². The molecule has 0 fully saturated rings. The second kappa shape index (κ2) is 7.17. The van der Waals surface area contributed by atoms with Gasteiger partial charge in [-0.05, 0) is 55.8 Å². The standard InChI is InChI=1S/C20H18ClN3OS/c1-13-3-6-16(7-4-13)25-9-10-26-20-23-22-19-11-14(2)17-12-15(21)5-8-18(17)24(19)20/h3-8,11-12H,9-10H2,1-2H3. The van der Waals surface area contributed by atoms with Crippen molar-refractivity contribution in [2.24, 2.45) is 0 Å². The molecule has 0 aliphatic carbocycles. The number of fused-ring (bicyclic) bond motifs is 3. The summed E-state index contributed by atoms with van der Waals surface area (Å²) < 4.78 is 7.88. The van der Waals surface area contributed by atoms with E-state index in [9.17, 15) is 0 Å². The quantitative estimate of drug-likeness (QED) is 0.345. The lowest BCUT2D eigenvalue weighted by molar-refractivity contribution is 0.344. The highest BCUT2D eigenvalue weighted by molar-refractivity contribution is 7.99. The fourth-order valence-corrected chi connectivity index (χ4v) is 3.85. The second-order valence-electron chi connectivity index (χ2n) is 6.17. The van der Waals surface area contributed by atoms with Crippen LogP contribution in [0.4, 0.5) is 0 Å². The van der Waals surface area contributed by atoms with Gasteiger partial charge in [-0.1, -0.05) is 41.1 Å². The normalized spacial score (nSPS) is 11.3. The van der Waals surface area contributed by atoms with Crippen LogP contribution in [0.5, 0.6) is 5.75 Å². The number of aromatic nitrogens is 3. The molecule has 0 saturated carbocycles. The Morgan fingerprint density at radius 2 is 1.85 bits per heavy atom. The molecule has 0 aliphatic heterocycles. The monoisotopic (exact) mass is 383 g/mol. The van der Waals surface area contributed by atoms with Crippen molar-refractivity contribution in [1.82, 2.24) is 14.6 Å². The van der Waals surface area contributed by atoms with Crippen molar-refractivity contribution in [3.63, 3.8) is 0 Å². The minimum atomic E-state index is 0.609. The smallest absolute Gasteiger partial charge is 0.196 e. The Morgan fingerprint density at radius 1 is 1.04 bits per heavy atom. The Balaban J connectivity index is 1.54. The Bertz CT molecular complexity index is 1080. The van der Waals surface area contributed by atoms with Crippen molar-refractivity contribution in [2.45, 2.75) is 19.0 Å². The number of hydrogen-bond donors (Lipinski definition) is 0. The van der Waals surface area contributed by atoms with Crippen LogP contribution in [0.2, 0.25) is 5.02 Å². The summed E-state index contributed by atoms with van der Waals surface area (Å²) >= 11 is 7.80. The van der Waals surface area contributed by atoms with Crippen LogP contribution < -0.4 is 4.74 Å². The molecule has 0 unspecified atom stereocenters. The van der Waals surface area contributed by atoms with E-state index in [2.05, 4.69) is 28.4 Å². The minimum Gasteiger partial charge on any atom is -0.493 e. The lowest BCUT2D eigenvalue weighted by atomic mass is 10.1. The van der Waals surface area contributed by atoms with Gasteiger partial charge in [0.1, 0.15) is 5.75 Å². The van der Waals surface area contributed by atoms with E-state index in [1.54, 1.807) is 11.8 Å². The molecule has 0 amide bonds. The lowest BCUT2D eigenvalue weighted by Gasteiger charge is -2.08. The molecule has 0 radical (unpaired) electrons. The van der Waals surface area contributed by atoms with Gasteiger partial charge in [0, 0.05) is 16.2 Å². The van der Waals surface area contributed by atoms with Gasteiger partial charge in [-0.15, -0.1) is 10.2 Å². The summed E-state index contributed by atoms with van der Waals surface area (Å²) in [6.45, 7) is 4.74. The first-order chi connectivity index (χ1) is 12.6. The predicted molar refractivity (Wildman–Crippen MR) is 108 cm³/mol. The van der Waals surface area contributed by atoms with E-state index in [1.165, 1.54) is 5.56 Å². The fourth-order valence-electron chi connectivity index (χ4n) is 2.91. The van der Waals surface area contributed by atoms with Crippen molar-refractivity contribution in [3.8, 4) is 5.75 Å². The molecule has 0 bridgehead atoms. The summed E-state index contributed by atoms with van der Waals surface area (Å²) in [5.74, 6) is 1.68. The summed E-state index contributed by atoms with van der Waals surface area (Å²) in [6.07, 6.45) is 0. The Labute approximate surface area is 161 Å². The number of nitrogens with zero attached hydrogens (tertiary/aromatic N) is 3. The number of rotatable bonds is 5. The third-order valence-electron chi connectivity index (χ3n) is 4.23. The van der Waals surface area contributed by atoms with Gasteiger partial charge in [-0.3, -0.25) is 4.40 Å². The number of aryl methyl sites for hydroxylation is 2. The van der Waals surface area contributed by atoms with Crippen molar-refractivity contribution in [2.75, 3.05) is 12.4 Å². The van der Waals surface area contributed by atoms with E-state index in [-0.39, 0.29) is 0 Å². The summed E-state index contributed by atoms with van der Waals surface area (Å²) in [4.78, 5) is 0. The maximum absolute atomic E-state index is 6.16. The minimum absolute atomic E-state index is 0.609. The molecule has 132 valence electrons. The molecule has 2 aromatic carbocycles. The van der Waals surface area contributed by atoms with Crippen LogP contribution in [-0.2, 0) is 0 Å². The van der Waals surface area contributed by atoms with Crippen LogP contribution in [0.15, 0.2) is 53.7 Å². The number of halogens is 1. The number of pyridine rings is 1. The molecule has 2 heterocycles. The van der Waals surface area contributed by atoms with E-state index < -0.39 is 0 Å². The maximum Gasteiger partial charge on any atom is 0.196 e. The number of benzene rings is 2. The highest BCUT2D eigenvalue weighted by atomic mass is 35.5. The lowest BCUT2D eigenvalue weighted by Crippen LogP contribution is -2.01. The largest absolute Gasteiger partial charge is 0.493 e. The van der Waals surface area contributed by atoms with Gasteiger partial charge in [0.05, 0.1) is 12.1 Å². The van der Waals surface area contributed by atoms with E-state index in [0.29, 0.717) is 6.61 Å². The Kier molecular flexibility index (Phi) is 4.74. The van der Waals surface area contributed by atoms with Crippen LogP contribution in [0.3, 0.4) is 0 Å². The zero-order valence-electron chi connectivity index (χ0n) is 14.6. The zero-order chi connectivity index (χ0) is 18.1. The van der Waals surface area contributed by atoms with Gasteiger partial charge in [0.2, 0.25) is 0 Å². The molecule has 6 heteroatoms. The van der Waals surface area contributed by atoms with Gasteiger partial charge in [-0.2, -0.15) is 0 Å². The average Bonchev–Trinajstić information content (AvgIpc) is 3.03. The molecule has 2 aromatic heterocycles. The van der Waals surface area contributed by atoms with Crippen molar-refractivity contribution < 1.29 is 4.74 Å². The van der Waals surface area contributed by atoms with Crippen LogP contribution in [0, 0.1) is 13.8 Å².